The zero-order chi connectivity index (χ0) is 21.6. The van der Waals surface area contributed by atoms with Crippen molar-refractivity contribution in [1.82, 2.24) is 9.97 Å². The largest absolute Gasteiger partial charge is 0.481 e. The molecule has 154 valence electrons. The lowest BCUT2D eigenvalue weighted by molar-refractivity contribution is -0.144. The molecule has 0 saturated heterocycles. The quantitative estimate of drug-likeness (QED) is 0.650. The average molecular weight is 426 g/mol. The summed E-state index contributed by atoms with van der Waals surface area (Å²) in [6.07, 6.45) is -1.61. The number of hydrogen-bond donors (Lipinski definition) is 2. The van der Waals surface area contributed by atoms with Gasteiger partial charge in [0.15, 0.2) is 9.84 Å². The Morgan fingerprint density at radius 3 is 2.48 bits per heavy atom. The topological polar surface area (TPSA) is 100 Å². The second-order valence-electron chi connectivity index (χ2n) is 7.00. The van der Waals surface area contributed by atoms with E-state index in [9.17, 15) is 31.5 Å². The highest BCUT2D eigenvalue weighted by Gasteiger charge is 2.41. The maximum Gasteiger partial charge on any atom is 0.416 e. The first-order valence-electron chi connectivity index (χ1n) is 8.40. The number of carboxylic acid groups (broad SMARTS) is 1. The second-order valence-corrected chi connectivity index (χ2v) is 9.02. The molecule has 1 atom stereocenters. The number of carboxylic acids is 1. The molecule has 1 aromatic carbocycles. The number of carbonyl (C=O) groups is 1. The number of pyridine rings is 1. The smallest absolute Gasteiger partial charge is 0.416 e. The summed E-state index contributed by atoms with van der Waals surface area (Å²) in [4.78, 5) is 18.6. The number of H-pyrrole nitrogens is 1. The number of aromatic nitrogens is 2. The molecule has 2 N–H and O–H groups in total. The summed E-state index contributed by atoms with van der Waals surface area (Å²) in [5.74, 6) is -1.32. The van der Waals surface area contributed by atoms with Gasteiger partial charge in [0.25, 0.3) is 0 Å². The Morgan fingerprint density at radius 1 is 1.21 bits per heavy atom. The number of nitrogens with zero attached hydrogens (tertiary/aromatic N) is 1. The van der Waals surface area contributed by atoms with Gasteiger partial charge in [-0.05, 0) is 48.7 Å². The number of nitrogens with one attached hydrogen (secondary N) is 1. The molecule has 29 heavy (non-hydrogen) atoms. The molecule has 0 aliphatic heterocycles. The van der Waals surface area contributed by atoms with E-state index in [-0.39, 0.29) is 11.1 Å². The lowest BCUT2D eigenvalue weighted by Gasteiger charge is -2.26. The van der Waals surface area contributed by atoms with Gasteiger partial charge in [0.05, 0.1) is 15.9 Å². The molecule has 0 aliphatic carbocycles. The Balaban J connectivity index is 2.18. The highest BCUT2D eigenvalue weighted by Crippen LogP contribution is 2.39. The molecule has 3 aromatic rings. The van der Waals surface area contributed by atoms with Crippen LogP contribution < -0.4 is 0 Å². The predicted molar refractivity (Wildman–Crippen MR) is 99.3 cm³/mol. The minimum Gasteiger partial charge on any atom is -0.481 e. The number of sulfone groups is 1. The number of rotatable bonds is 5. The fourth-order valence-corrected chi connectivity index (χ4v) is 3.93. The van der Waals surface area contributed by atoms with Crippen LogP contribution in [0.1, 0.15) is 23.6 Å². The molecule has 0 aliphatic rings. The zero-order valence-electron chi connectivity index (χ0n) is 15.4. The lowest BCUT2D eigenvalue weighted by Crippen LogP contribution is -2.35. The van der Waals surface area contributed by atoms with E-state index in [0.29, 0.717) is 17.1 Å². The molecule has 2 heterocycles. The fraction of sp³-hybridized carbons (Fsp3) is 0.263. The zero-order valence-corrected chi connectivity index (χ0v) is 16.2. The summed E-state index contributed by atoms with van der Waals surface area (Å²) < 4.78 is 64.2. The van der Waals surface area contributed by atoms with Crippen LogP contribution >= 0.6 is 0 Å². The van der Waals surface area contributed by atoms with Crippen molar-refractivity contribution in [3.05, 3.63) is 59.4 Å². The van der Waals surface area contributed by atoms with Gasteiger partial charge in [-0.3, -0.25) is 4.79 Å². The molecule has 10 heteroatoms. The molecular weight excluding hydrogens is 409 g/mol. The molecule has 2 aromatic heterocycles. The number of fused-ring (bicyclic) bond motifs is 1. The third kappa shape index (κ3) is 3.84. The van der Waals surface area contributed by atoms with Gasteiger partial charge in [-0.15, -0.1) is 0 Å². The Morgan fingerprint density at radius 2 is 1.90 bits per heavy atom. The first kappa shape index (κ1) is 20.8. The van der Waals surface area contributed by atoms with E-state index < -0.39 is 44.3 Å². The molecular formula is C19H17F3N2O4S. The van der Waals surface area contributed by atoms with Crippen LogP contribution in [-0.2, 0) is 32.6 Å². The molecule has 1 unspecified atom stereocenters. The van der Waals surface area contributed by atoms with E-state index in [2.05, 4.69) is 9.97 Å². The summed E-state index contributed by atoms with van der Waals surface area (Å²) in [6, 6.07) is 5.85. The predicted octanol–water partition coefficient (Wildman–Crippen LogP) is 3.57. The maximum atomic E-state index is 13.6. The third-order valence-corrected chi connectivity index (χ3v) is 5.99. The van der Waals surface area contributed by atoms with Crippen molar-refractivity contribution in [2.45, 2.75) is 29.8 Å². The van der Waals surface area contributed by atoms with Crippen LogP contribution in [-0.4, -0.2) is 35.7 Å². The van der Waals surface area contributed by atoms with E-state index in [4.69, 9.17) is 0 Å². The van der Waals surface area contributed by atoms with Crippen LogP contribution in [0.4, 0.5) is 13.2 Å². The summed E-state index contributed by atoms with van der Waals surface area (Å²) in [7, 11) is -3.86. The molecule has 0 amide bonds. The highest BCUT2D eigenvalue weighted by atomic mass is 32.2. The molecule has 0 spiro atoms. The fourth-order valence-electron chi connectivity index (χ4n) is 3.28. The molecule has 3 rings (SSSR count). The summed E-state index contributed by atoms with van der Waals surface area (Å²) in [6.45, 7) is 1.33. The van der Waals surface area contributed by atoms with Crippen LogP contribution in [0.5, 0.6) is 0 Å². The molecule has 0 radical (unpaired) electrons. The van der Waals surface area contributed by atoms with E-state index in [1.54, 1.807) is 12.1 Å². The van der Waals surface area contributed by atoms with E-state index in [1.165, 1.54) is 19.3 Å². The van der Waals surface area contributed by atoms with E-state index >= 15 is 0 Å². The molecule has 0 fully saturated rings. The van der Waals surface area contributed by atoms with Gasteiger partial charge in [0.1, 0.15) is 5.65 Å². The third-order valence-electron chi connectivity index (χ3n) is 4.88. The van der Waals surface area contributed by atoms with Gasteiger partial charge in [0.2, 0.25) is 0 Å². The van der Waals surface area contributed by atoms with Crippen LogP contribution in [0.2, 0.25) is 0 Å². The number of aliphatic carboxylic acids is 1. The lowest BCUT2D eigenvalue weighted by atomic mass is 9.76. The average Bonchev–Trinajstić information content (AvgIpc) is 3.04. The first-order valence-corrected chi connectivity index (χ1v) is 10.3. The van der Waals surface area contributed by atoms with Crippen molar-refractivity contribution in [1.29, 1.82) is 0 Å². The number of benzene rings is 1. The minimum atomic E-state index is -4.85. The highest BCUT2D eigenvalue weighted by molar-refractivity contribution is 7.90. The first-order chi connectivity index (χ1) is 13.3. The Bertz CT molecular complexity index is 1200. The molecule has 0 bridgehead atoms. The van der Waals surface area contributed by atoms with Crippen molar-refractivity contribution in [3.8, 4) is 0 Å². The van der Waals surface area contributed by atoms with Gasteiger partial charge < -0.3 is 10.1 Å². The summed E-state index contributed by atoms with van der Waals surface area (Å²) in [5, 5.41) is 10.4. The maximum absolute atomic E-state index is 13.6. The van der Waals surface area contributed by atoms with Gasteiger partial charge in [-0.1, -0.05) is 6.07 Å². The van der Waals surface area contributed by atoms with Crippen LogP contribution in [0.3, 0.4) is 0 Å². The van der Waals surface area contributed by atoms with Crippen molar-refractivity contribution in [2.75, 3.05) is 6.26 Å². The van der Waals surface area contributed by atoms with Crippen molar-refractivity contribution in [3.63, 3.8) is 0 Å². The van der Waals surface area contributed by atoms with Gasteiger partial charge in [-0.2, -0.15) is 13.2 Å². The van der Waals surface area contributed by atoms with Crippen molar-refractivity contribution >= 4 is 26.8 Å². The SMILES string of the molecule is CC(Cc1ccc(S(C)(=O)=O)cc1C(F)(F)F)(C(=O)O)c1c[nH]c2ncccc12. The minimum absolute atomic E-state index is 0.286. The Hall–Kier alpha value is -2.88. The summed E-state index contributed by atoms with van der Waals surface area (Å²) >= 11 is 0. The van der Waals surface area contributed by atoms with Crippen molar-refractivity contribution in [2.24, 2.45) is 0 Å². The molecule has 6 nitrogen and oxygen atoms in total. The monoisotopic (exact) mass is 426 g/mol. The summed E-state index contributed by atoms with van der Waals surface area (Å²) in [5.41, 5.74) is -2.50. The van der Waals surface area contributed by atoms with Crippen LogP contribution in [0, 0.1) is 0 Å². The van der Waals surface area contributed by atoms with Gasteiger partial charge in [0, 0.05) is 24.0 Å². The molecule has 0 saturated carbocycles. The Kier molecular flexibility index (Phi) is 4.94. The standard InChI is InChI=1S/C19H17F3N2O4S/c1-18(17(25)26,15-10-24-16-13(15)4-3-7-23-16)9-11-5-6-12(29(2,27)28)8-14(11)19(20,21)22/h3-8,10H,9H2,1-2H3,(H,23,24)(H,25,26). The second kappa shape index (κ2) is 6.87. The van der Waals surface area contributed by atoms with Crippen LogP contribution in [0.25, 0.3) is 11.0 Å². The van der Waals surface area contributed by atoms with E-state index in [0.717, 1.165) is 18.4 Å². The Labute approximate surface area is 164 Å². The number of aromatic amines is 1. The van der Waals surface area contributed by atoms with Gasteiger partial charge >= 0.3 is 12.1 Å². The van der Waals surface area contributed by atoms with Crippen LogP contribution in [0.15, 0.2) is 47.6 Å². The number of hydrogen-bond acceptors (Lipinski definition) is 4. The number of alkyl halides is 3. The normalized spacial score (nSPS) is 14.7. The van der Waals surface area contributed by atoms with Crippen molar-refractivity contribution < 1.29 is 31.5 Å². The van der Waals surface area contributed by atoms with E-state index in [1.807, 2.05) is 0 Å². The number of halogens is 3. The van der Waals surface area contributed by atoms with Gasteiger partial charge in [-0.25, -0.2) is 13.4 Å².